The van der Waals surface area contributed by atoms with Crippen molar-refractivity contribution >= 4 is 10.8 Å². The maximum absolute atomic E-state index is 9.50. The van der Waals surface area contributed by atoms with Crippen molar-refractivity contribution in [3.8, 4) is 56.9 Å². The smallest absolute Gasteiger partial charge is 0.0998 e. The highest BCUT2D eigenvalue weighted by Crippen LogP contribution is 2.34. The maximum atomic E-state index is 9.50. The van der Waals surface area contributed by atoms with Crippen molar-refractivity contribution in [2.75, 3.05) is 0 Å². The highest BCUT2D eigenvalue weighted by Gasteiger charge is 2.12. The predicted octanol–water partition coefficient (Wildman–Crippen LogP) is 8.65. The number of pyridine rings is 1. The van der Waals surface area contributed by atoms with Crippen LogP contribution in [0.3, 0.4) is 0 Å². The fraction of sp³-hybridized carbons (Fsp3) is 0. The molecule has 0 amide bonds. The lowest BCUT2D eigenvalue weighted by atomic mass is 9.96. The van der Waals surface area contributed by atoms with Gasteiger partial charge in [-0.15, -0.1) is 0 Å². The number of nitriles is 2. The number of benzene rings is 5. The first-order chi connectivity index (χ1) is 18.7. The molecule has 0 spiro atoms. The molecule has 0 atom stereocenters. The molecule has 1 heterocycles. The summed E-state index contributed by atoms with van der Waals surface area (Å²) in [4.78, 5) is 5.11. The Kier molecular flexibility index (Phi) is 5.95. The van der Waals surface area contributed by atoms with Gasteiger partial charge in [0, 0.05) is 16.5 Å². The third-order valence-electron chi connectivity index (χ3n) is 6.80. The molecule has 1 aromatic heterocycles. The molecule has 3 heteroatoms. The summed E-state index contributed by atoms with van der Waals surface area (Å²) in [7, 11) is 0. The first-order valence-electron chi connectivity index (χ1n) is 12.3. The van der Waals surface area contributed by atoms with Gasteiger partial charge in [-0.1, -0.05) is 109 Å². The van der Waals surface area contributed by atoms with E-state index in [4.69, 9.17) is 4.98 Å². The second-order valence-electron chi connectivity index (χ2n) is 9.05. The van der Waals surface area contributed by atoms with Gasteiger partial charge in [0.25, 0.3) is 0 Å². The lowest BCUT2D eigenvalue weighted by molar-refractivity contribution is 1.35. The number of hydrogen-bond donors (Lipinski definition) is 0. The van der Waals surface area contributed by atoms with E-state index in [1.54, 1.807) is 0 Å². The molecule has 0 radical (unpaired) electrons. The van der Waals surface area contributed by atoms with Gasteiger partial charge < -0.3 is 0 Å². The average molecular weight is 484 g/mol. The Morgan fingerprint density at radius 2 is 0.947 bits per heavy atom. The summed E-state index contributed by atoms with van der Waals surface area (Å²) in [5.41, 5.74) is 8.99. The van der Waals surface area contributed by atoms with Crippen LogP contribution in [0.15, 0.2) is 127 Å². The molecular weight excluding hydrogens is 462 g/mol. The van der Waals surface area contributed by atoms with Crippen LogP contribution in [0.5, 0.6) is 0 Å². The zero-order chi connectivity index (χ0) is 25.9. The van der Waals surface area contributed by atoms with Crippen LogP contribution in [0.2, 0.25) is 0 Å². The molecule has 176 valence electrons. The van der Waals surface area contributed by atoms with Crippen LogP contribution < -0.4 is 0 Å². The van der Waals surface area contributed by atoms with Crippen molar-refractivity contribution in [3.63, 3.8) is 0 Å². The predicted molar refractivity (Wildman–Crippen MR) is 153 cm³/mol. The SMILES string of the molecule is N#Cc1ccccc1-c1ccc(-c2cc3ccccc3c(-c3ccc(-c4ccccc4C#N)cc3)n2)cc1. The van der Waals surface area contributed by atoms with Gasteiger partial charge in [-0.25, -0.2) is 4.98 Å². The lowest BCUT2D eigenvalue weighted by Crippen LogP contribution is -1.92. The van der Waals surface area contributed by atoms with Crippen molar-refractivity contribution in [1.82, 2.24) is 4.98 Å². The standard InChI is InChI=1S/C35H21N3/c36-22-29-8-2-4-10-31(29)24-13-17-26(18-14-24)34-21-28-7-1-6-12-33(28)35(38-34)27-19-15-25(16-20-27)32-11-5-3-9-30(32)23-37/h1-21H. The molecule has 6 rings (SSSR count). The van der Waals surface area contributed by atoms with Gasteiger partial charge in [0.15, 0.2) is 0 Å². The van der Waals surface area contributed by atoms with Crippen molar-refractivity contribution < 1.29 is 0 Å². The Morgan fingerprint density at radius 1 is 0.474 bits per heavy atom. The second-order valence-corrected chi connectivity index (χ2v) is 9.05. The van der Waals surface area contributed by atoms with Crippen molar-refractivity contribution in [1.29, 1.82) is 10.5 Å². The highest BCUT2D eigenvalue weighted by molar-refractivity contribution is 5.97. The van der Waals surface area contributed by atoms with Crippen LogP contribution in [0, 0.1) is 22.7 Å². The van der Waals surface area contributed by atoms with Crippen LogP contribution in [0.4, 0.5) is 0 Å². The topological polar surface area (TPSA) is 60.5 Å². The summed E-state index contributed by atoms with van der Waals surface area (Å²) in [5.74, 6) is 0. The van der Waals surface area contributed by atoms with E-state index in [1.807, 2.05) is 72.8 Å². The van der Waals surface area contributed by atoms with E-state index in [2.05, 4.69) is 66.7 Å². The molecule has 5 aromatic carbocycles. The van der Waals surface area contributed by atoms with Crippen molar-refractivity contribution in [3.05, 3.63) is 139 Å². The van der Waals surface area contributed by atoms with Crippen LogP contribution in [0.1, 0.15) is 11.1 Å². The molecule has 0 aliphatic heterocycles. The van der Waals surface area contributed by atoms with Gasteiger partial charge in [0.05, 0.1) is 34.7 Å². The molecule has 0 saturated carbocycles. The zero-order valence-corrected chi connectivity index (χ0v) is 20.5. The number of aromatic nitrogens is 1. The van der Waals surface area contributed by atoms with E-state index in [0.717, 1.165) is 55.5 Å². The van der Waals surface area contributed by atoms with Crippen LogP contribution >= 0.6 is 0 Å². The molecule has 0 aliphatic carbocycles. The summed E-state index contributed by atoms with van der Waals surface area (Å²) in [6, 6.07) is 46.7. The Hall–Kier alpha value is -5.51. The molecule has 0 aliphatic rings. The third-order valence-corrected chi connectivity index (χ3v) is 6.80. The summed E-state index contributed by atoms with van der Waals surface area (Å²) in [5, 5.41) is 21.2. The minimum Gasteiger partial charge on any atom is -0.247 e. The summed E-state index contributed by atoms with van der Waals surface area (Å²) in [6.45, 7) is 0. The number of nitrogens with zero attached hydrogens (tertiary/aromatic N) is 3. The zero-order valence-electron chi connectivity index (χ0n) is 20.5. The lowest BCUT2D eigenvalue weighted by Gasteiger charge is -2.12. The van der Waals surface area contributed by atoms with Gasteiger partial charge in [-0.2, -0.15) is 10.5 Å². The first-order valence-corrected chi connectivity index (χ1v) is 12.3. The van der Waals surface area contributed by atoms with E-state index in [9.17, 15) is 10.5 Å². The Balaban J connectivity index is 1.42. The summed E-state index contributed by atoms with van der Waals surface area (Å²) < 4.78 is 0. The van der Waals surface area contributed by atoms with Crippen LogP contribution in [0.25, 0.3) is 55.5 Å². The van der Waals surface area contributed by atoms with Crippen LogP contribution in [-0.2, 0) is 0 Å². The first kappa shape index (κ1) is 22.9. The minimum absolute atomic E-state index is 0.659. The molecule has 0 bridgehead atoms. The monoisotopic (exact) mass is 483 g/mol. The minimum atomic E-state index is 0.659. The number of fused-ring (bicyclic) bond motifs is 1. The van der Waals surface area contributed by atoms with E-state index in [1.165, 1.54) is 0 Å². The third kappa shape index (κ3) is 4.20. The molecule has 0 saturated heterocycles. The van der Waals surface area contributed by atoms with Gasteiger partial charge in [-0.05, 0) is 45.8 Å². The average Bonchev–Trinajstić information content (AvgIpc) is 3.00. The fourth-order valence-electron chi connectivity index (χ4n) is 4.86. The molecular formula is C35H21N3. The van der Waals surface area contributed by atoms with Gasteiger partial charge >= 0.3 is 0 Å². The van der Waals surface area contributed by atoms with E-state index >= 15 is 0 Å². The normalized spacial score (nSPS) is 10.6. The number of hydrogen-bond acceptors (Lipinski definition) is 3. The van der Waals surface area contributed by atoms with Gasteiger partial charge in [-0.3, -0.25) is 0 Å². The van der Waals surface area contributed by atoms with E-state index in [-0.39, 0.29) is 0 Å². The molecule has 38 heavy (non-hydrogen) atoms. The van der Waals surface area contributed by atoms with Crippen LogP contribution in [-0.4, -0.2) is 4.98 Å². The van der Waals surface area contributed by atoms with Crippen molar-refractivity contribution in [2.45, 2.75) is 0 Å². The fourth-order valence-corrected chi connectivity index (χ4v) is 4.86. The molecule has 3 nitrogen and oxygen atoms in total. The Labute approximate surface area is 221 Å². The molecule has 0 fully saturated rings. The maximum Gasteiger partial charge on any atom is 0.0998 e. The summed E-state index contributed by atoms with van der Waals surface area (Å²) >= 11 is 0. The quantitative estimate of drug-likeness (QED) is 0.252. The van der Waals surface area contributed by atoms with Gasteiger partial charge in [0.1, 0.15) is 0 Å². The van der Waals surface area contributed by atoms with E-state index in [0.29, 0.717) is 11.1 Å². The molecule has 0 unspecified atom stereocenters. The summed E-state index contributed by atoms with van der Waals surface area (Å²) in [6.07, 6.45) is 0. The number of rotatable bonds is 4. The molecule has 6 aromatic rings. The van der Waals surface area contributed by atoms with Crippen molar-refractivity contribution in [2.24, 2.45) is 0 Å². The molecule has 0 N–H and O–H groups in total. The largest absolute Gasteiger partial charge is 0.247 e. The Bertz CT molecular complexity index is 1870. The van der Waals surface area contributed by atoms with E-state index < -0.39 is 0 Å². The second kappa shape index (κ2) is 9.86. The highest BCUT2D eigenvalue weighted by atomic mass is 14.7. The van der Waals surface area contributed by atoms with Gasteiger partial charge in [0.2, 0.25) is 0 Å². The Morgan fingerprint density at radius 3 is 1.53 bits per heavy atom.